The molecule has 1 N–H and O–H groups in total. The Morgan fingerprint density at radius 2 is 1.61 bits per heavy atom. The highest BCUT2D eigenvalue weighted by molar-refractivity contribution is 5.90. The highest BCUT2D eigenvalue weighted by Gasteiger charge is 2.14. The van der Waals surface area contributed by atoms with E-state index in [1.807, 2.05) is 0 Å². The van der Waals surface area contributed by atoms with Crippen molar-refractivity contribution in [3.05, 3.63) is 23.8 Å². The van der Waals surface area contributed by atoms with Crippen molar-refractivity contribution in [2.45, 2.75) is 6.92 Å². The molecule has 0 aliphatic rings. The SMILES string of the molecule is COc1cc(/C(C)=C/C(=O)O)cc(OC)c1OC. The second kappa shape index (κ2) is 5.95. The van der Waals surface area contributed by atoms with E-state index in [4.69, 9.17) is 19.3 Å². The summed E-state index contributed by atoms with van der Waals surface area (Å²) in [7, 11) is 4.54. The molecule has 98 valence electrons. The van der Waals surface area contributed by atoms with Gasteiger partial charge in [0.2, 0.25) is 5.75 Å². The Morgan fingerprint density at radius 1 is 1.11 bits per heavy atom. The van der Waals surface area contributed by atoms with E-state index in [1.165, 1.54) is 21.3 Å². The summed E-state index contributed by atoms with van der Waals surface area (Å²) in [6.07, 6.45) is 1.13. The molecule has 1 rings (SSSR count). The van der Waals surface area contributed by atoms with Crippen molar-refractivity contribution in [2.24, 2.45) is 0 Å². The van der Waals surface area contributed by atoms with Gasteiger partial charge in [0, 0.05) is 6.08 Å². The number of hydrogen-bond acceptors (Lipinski definition) is 4. The Labute approximate surface area is 106 Å². The minimum absolute atomic E-state index is 0.479. The van der Waals surface area contributed by atoms with Crippen LogP contribution in [-0.2, 0) is 4.79 Å². The number of ether oxygens (including phenoxy) is 3. The van der Waals surface area contributed by atoms with Gasteiger partial charge >= 0.3 is 5.97 Å². The number of benzene rings is 1. The number of aliphatic carboxylic acids is 1. The van der Waals surface area contributed by atoms with Crippen LogP contribution >= 0.6 is 0 Å². The third-order valence-corrected chi connectivity index (χ3v) is 2.46. The van der Waals surface area contributed by atoms with Crippen LogP contribution in [0.4, 0.5) is 0 Å². The standard InChI is InChI=1S/C13H16O5/c1-8(5-12(14)15)9-6-10(16-2)13(18-4)11(7-9)17-3/h5-7H,1-4H3,(H,14,15)/b8-5+. The predicted molar refractivity (Wildman–Crippen MR) is 67.4 cm³/mol. The lowest BCUT2D eigenvalue weighted by Gasteiger charge is -2.14. The van der Waals surface area contributed by atoms with Crippen LogP contribution in [-0.4, -0.2) is 32.4 Å². The van der Waals surface area contributed by atoms with Crippen molar-refractivity contribution in [3.8, 4) is 17.2 Å². The lowest BCUT2D eigenvalue weighted by atomic mass is 10.1. The monoisotopic (exact) mass is 252 g/mol. The van der Waals surface area contributed by atoms with Crippen molar-refractivity contribution >= 4 is 11.5 Å². The molecule has 0 unspecified atom stereocenters. The van der Waals surface area contributed by atoms with E-state index >= 15 is 0 Å². The third kappa shape index (κ3) is 2.94. The zero-order valence-corrected chi connectivity index (χ0v) is 10.8. The maximum absolute atomic E-state index is 10.7. The van der Waals surface area contributed by atoms with Gasteiger partial charge in [-0.05, 0) is 30.2 Å². The summed E-state index contributed by atoms with van der Waals surface area (Å²) in [4.78, 5) is 10.7. The molecule has 5 nitrogen and oxygen atoms in total. The molecule has 0 aromatic heterocycles. The molecule has 0 aliphatic carbocycles. The Hall–Kier alpha value is -2.17. The number of rotatable bonds is 5. The highest BCUT2D eigenvalue weighted by atomic mass is 16.5. The number of hydrogen-bond donors (Lipinski definition) is 1. The summed E-state index contributed by atoms with van der Waals surface area (Å²) in [6, 6.07) is 3.41. The van der Waals surface area contributed by atoms with Gasteiger partial charge in [-0.2, -0.15) is 0 Å². The average Bonchev–Trinajstić information content (AvgIpc) is 2.35. The molecule has 18 heavy (non-hydrogen) atoms. The number of carboxylic acids is 1. The van der Waals surface area contributed by atoms with Gasteiger partial charge in [0.1, 0.15) is 0 Å². The van der Waals surface area contributed by atoms with Gasteiger partial charge in [-0.15, -0.1) is 0 Å². The maximum Gasteiger partial charge on any atom is 0.328 e. The van der Waals surface area contributed by atoms with Gasteiger partial charge in [-0.25, -0.2) is 4.79 Å². The lowest BCUT2D eigenvalue weighted by molar-refractivity contribution is -0.131. The number of carbonyl (C=O) groups is 1. The van der Waals surface area contributed by atoms with Crippen LogP contribution < -0.4 is 14.2 Å². The first-order valence-electron chi connectivity index (χ1n) is 5.25. The van der Waals surface area contributed by atoms with Gasteiger partial charge < -0.3 is 19.3 Å². The van der Waals surface area contributed by atoms with Crippen molar-refractivity contribution in [1.82, 2.24) is 0 Å². The Bertz CT molecular complexity index is 451. The van der Waals surface area contributed by atoms with E-state index in [0.717, 1.165) is 6.08 Å². The molecule has 0 fully saturated rings. The summed E-state index contributed by atoms with van der Waals surface area (Å²) in [5, 5.41) is 8.74. The molecule has 0 spiro atoms. The second-order valence-corrected chi connectivity index (χ2v) is 3.58. The molecule has 0 bridgehead atoms. The summed E-state index contributed by atoms with van der Waals surface area (Å²) in [6.45, 7) is 1.70. The number of methoxy groups -OCH3 is 3. The molecule has 0 saturated carbocycles. The Balaban J connectivity index is 3.36. The van der Waals surface area contributed by atoms with Crippen LogP contribution in [0.2, 0.25) is 0 Å². The molecule has 0 heterocycles. The van der Waals surface area contributed by atoms with Gasteiger partial charge in [-0.3, -0.25) is 0 Å². The Morgan fingerprint density at radius 3 is 1.94 bits per heavy atom. The average molecular weight is 252 g/mol. The molecular formula is C13H16O5. The van der Waals surface area contributed by atoms with Crippen molar-refractivity contribution in [2.75, 3.05) is 21.3 Å². The van der Waals surface area contributed by atoms with Crippen LogP contribution in [0.5, 0.6) is 17.2 Å². The molecular weight excluding hydrogens is 236 g/mol. The van der Waals surface area contributed by atoms with Crippen LogP contribution in [0, 0.1) is 0 Å². The Kier molecular flexibility index (Phi) is 4.59. The molecule has 0 aliphatic heterocycles. The van der Waals surface area contributed by atoms with E-state index in [0.29, 0.717) is 28.4 Å². The first kappa shape index (κ1) is 13.9. The fourth-order valence-electron chi connectivity index (χ4n) is 1.58. The van der Waals surface area contributed by atoms with Crippen molar-refractivity contribution in [3.63, 3.8) is 0 Å². The molecule has 5 heteroatoms. The van der Waals surface area contributed by atoms with Crippen LogP contribution in [0.3, 0.4) is 0 Å². The number of carboxylic acid groups (broad SMARTS) is 1. The second-order valence-electron chi connectivity index (χ2n) is 3.58. The maximum atomic E-state index is 10.7. The molecule has 0 amide bonds. The summed E-state index contributed by atoms with van der Waals surface area (Å²) >= 11 is 0. The predicted octanol–water partition coefficient (Wildman–Crippen LogP) is 2.20. The van der Waals surface area contributed by atoms with Gasteiger partial charge in [0.05, 0.1) is 21.3 Å². The minimum Gasteiger partial charge on any atom is -0.493 e. The van der Waals surface area contributed by atoms with E-state index in [9.17, 15) is 4.79 Å². The summed E-state index contributed by atoms with van der Waals surface area (Å²) in [5.41, 5.74) is 1.30. The van der Waals surface area contributed by atoms with Crippen LogP contribution in [0.1, 0.15) is 12.5 Å². The molecule has 1 aromatic rings. The zero-order chi connectivity index (χ0) is 13.7. The van der Waals surface area contributed by atoms with E-state index in [2.05, 4.69) is 0 Å². The number of allylic oxidation sites excluding steroid dienone is 1. The summed E-state index contributed by atoms with van der Waals surface area (Å²) in [5.74, 6) is 0.461. The fraction of sp³-hybridized carbons (Fsp3) is 0.308. The largest absolute Gasteiger partial charge is 0.493 e. The molecule has 0 radical (unpaired) electrons. The van der Waals surface area contributed by atoms with E-state index in [1.54, 1.807) is 19.1 Å². The summed E-state index contributed by atoms with van der Waals surface area (Å²) < 4.78 is 15.6. The van der Waals surface area contributed by atoms with Crippen LogP contribution in [0.25, 0.3) is 5.57 Å². The normalized spacial score (nSPS) is 11.0. The highest BCUT2D eigenvalue weighted by Crippen LogP contribution is 2.39. The minimum atomic E-state index is -0.999. The molecule has 0 atom stereocenters. The van der Waals surface area contributed by atoms with E-state index in [-0.39, 0.29) is 0 Å². The quantitative estimate of drug-likeness (QED) is 0.814. The van der Waals surface area contributed by atoms with Crippen LogP contribution in [0.15, 0.2) is 18.2 Å². The smallest absolute Gasteiger partial charge is 0.328 e. The first-order chi connectivity index (χ1) is 8.53. The van der Waals surface area contributed by atoms with Gasteiger partial charge in [-0.1, -0.05) is 0 Å². The zero-order valence-electron chi connectivity index (χ0n) is 10.8. The third-order valence-electron chi connectivity index (χ3n) is 2.46. The molecule has 0 saturated heterocycles. The molecule has 1 aromatic carbocycles. The van der Waals surface area contributed by atoms with Crippen molar-refractivity contribution < 1.29 is 24.1 Å². The lowest BCUT2D eigenvalue weighted by Crippen LogP contribution is -1.97. The van der Waals surface area contributed by atoms with Gasteiger partial charge in [0.15, 0.2) is 11.5 Å². The topological polar surface area (TPSA) is 65.0 Å². The van der Waals surface area contributed by atoms with Gasteiger partial charge in [0.25, 0.3) is 0 Å². The van der Waals surface area contributed by atoms with E-state index < -0.39 is 5.97 Å². The fourth-order valence-corrected chi connectivity index (χ4v) is 1.58. The first-order valence-corrected chi connectivity index (χ1v) is 5.25. The van der Waals surface area contributed by atoms with Crippen molar-refractivity contribution in [1.29, 1.82) is 0 Å².